The normalized spacial score (nSPS) is 12.7. The van der Waals surface area contributed by atoms with E-state index in [1.165, 1.54) is 5.56 Å². The maximum atomic E-state index is 11.5. The summed E-state index contributed by atoms with van der Waals surface area (Å²) in [6, 6.07) is 7.87. The number of benzene rings is 1. The first-order chi connectivity index (χ1) is 9.52. The van der Waals surface area contributed by atoms with E-state index in [9.17, 15) is 4.79 Å². The molecule has 0 saturated heterocycles. The van der Waals surface area contributed by atoms with Gasteiger partial charge in [-0.25, -0.2) is 5.43 Å². The lowest BCUT2D eigenvalue weighted by molar-refractivity contribution is -0.123. The number of carbonyl (C=O) groups excluding carboxylic acids is 1. The monoisotopic (exact) mass is 276 g/mol. The van der Waals surface area contributed by atoms with E-state index in [-0.39, 0.29) is 12.5 Å². The highest BCUT2D eigenvalue weighted by molar-refractivity contribution is 5.78. The van der Waals surface area contributed by atoms with Gasteiger partial charge in [-0.3, -0.25) is 4.79 Å². The van der Waals surface area contributed by atoms with E-state index >= 15 is 0 Å². The summed E-state index contributed by atoms with van der Waals surface area (Å²) in [4.78, 5) is 11.5. The number of hydrogen-bond donors (Lipinski definition) is 1. The van der Waals surface area contributed by atoms with Gasteiger partial charge in [-0.05, 0) is 36.0 Å². The Hall–Kier alpha value is -1.84. The fourth-order valence-corrected chi connectivity index (χ4v) is 1.57. The lowest BCUT2D eigenvalue weighted by Gasteiger charge is -2.10. The van der Waals surface area contributed by atoms with Crippen LogP contribution in [0.25, 0.3) is 0 Å². The second-order valence-corrected chi connectivity index (χ2v) is 5.22. The fraction of sp³-hybridized carbons (Fsp3) is 0.500. The molecule has 0 bridgehead atoms. The van der Waals surface area contributed by atoms with E-state index in [1.807, 2.05) is 38.1 Å². The number of rotatable bonds is 7. The van der Waals surface area contributed by atoms with Crippen LogP contribution in [0.3, 0.4) is 0 Å². The van der Waals surface area contributed by atoms with Crippen LogP contribution in [-0.4, -0.2) is 18.7 Å². The van der Waals surface area contributed by atoms with Gasteiger partial charge in [0.05, 0.1) is 0 Å². The minimum absolute atomic E-state index is 0.0296. The van der Waals surface area contributed by atoms with E-state index in [0.29, 0.717) is 17.6 Å². The summed E-state index contributed by atoms with van der Waals surface area (Å²) in [7, 11) is 0. The average Bonchev–Trinajstić information content (AvgIpc) is 2.44. The second kappa shape index (κ2) is 8.35. The Balaban J connectivity index is 2.40. The van der Waals surface area contributed by atoms with Gasteiger partial charge in [0.25, 0.3) is 5.91 Å². The quantitative estimate of drug-likeness (QED) is 0.613. The van der Waals surface area contributed by atoms with Crippen molar-refractivity contribution in [3.8, 4) is 5.75 Å². The molecule has 1 N–H and O–H groups in total. The number of ether oxygens (including phenoxy) is 1. The van der Waals surface area contributed by atoms with Gasteiger partial charge < -0.3 is 4.74 Å². The summed E-state index contributed by atoms with van der Waals surface area (Å²) in [5.74, 6) is 1.29. The number of amides is 1. The van der Waals surface area contributed by atoms with Crippen molar-refractivity contribution < 1.29 is 9.53 Å². The zero-order valence-corrected chi connectivity index (χ0v) is 12.7. The van der Waals surface area contributed by atoms with Gasteiger partial charge in [-0.1, -0.05) is 39.8 Å². The van der Waals surface area contributed by atoms with E-state index in [4.69, 9.17) is 4.74 Å². The topological polar surface area (TPSA) is 50.7 Å². The molecule has 1 atom stereocenters. The zero-order chi connectivity index (χ0) is 15.0. The maximum Gasteiger partial charge on any atom is 0.277 e. The smallest absolute Gasteiger partial charge is 0.277 e. The third kappa shape index (κ3) is 5.87. The summed E-state index contributed by atoms with van der Waals surface area (Å²) in [6.45, 7) is 8.31. The van der Waals surface area contributed by atoms with Crippen LogP contribution < -0.4 is 10.2 Å². The number of carbonyl (C=O) groups is 1. The number of hydrogen-bond acceptors (Lipinski definition) is 3. The predicted molar refractivity (Wildman–Crippen MR) is 82.1 cm³/mol. The fourth-order valence-electron chi connectivity index (χ4n) is 1.57. The molecule has 1 amide bonds. The first-order valence-corrected chi connectivity index (χ1v) is 7.07. The summed E-state index contributed by atoms with van der Waals surface area (Å²) in [5.41, 5.74) is 3.71. The SMILES string of the molecule is CCC(C)c1ccc(OCC(=O)N/N=C/C(C)C)cc1. The molecule has 0 saturated carbocycles. The molecule has 0 radical (unpaired) electrons. The highest BCUT2D eigenvalue weighted by Gasteiger charge is 2.04. The molecule has 0 aromatic heterocycles. The Morgan fingerprint density at radius 1 is 1.30 bits per heavy atom. The number of hydrazone groups is 1. The minimum atomic E-state index is -0.257. The lowest BCUT2D eigenvalue weighted by atomic mass is 9.99. The molecule has 20 heavy (non-hydrogen) atoms. The highest BCUT2D eigenvalue weighted by atomic mass is 16.5. The van der Waals surface area contributed by atoms with E-state index in [2.05, 4.69) is 24.4 Å². The first kappa shape index (κ1) is 16.2. The van der Waals surface area contributed by atoms with Gasteiger partial charge in [-0.2, -0.15) is 5.10 Å². The van der Waals surface area contributed by atoms with Gasteiger partial charge in [0.2, 0.25) is 0 Å². The van der Waals surface area contributed by atoms with Crippen molar-refractivity contribution in [2.24, 2.45) is 11.0 Å². The van der Waals surface area contributed by atoms with Gasteiger partial charge in [0.1, 0.15) is 5.75 Å². The van der Waals surface area contributed by atoms with Crippen LogP contribution in [0.15, 0.2) is 29.4 Å². The molecule has 1 aromatic rings. The maximum absolute atomic E-state index is 11.5. The van der Waals surface area contributed by atoms with Crippen LogP contribution in [0.1, 0.15) is 45.6 Å². The van der Waals surface area contributed by atoms with Crippen LogP contribution in [0.2, 0.25) is 0 Å². The number of nitrogens with one attached hydrogen (secondary N) is 1. The summed E-state index contributed by atoms with van der Waals surface area (Å²) in [5, 5.41) is 3.83. The lowest BCUT2D eigenvalue weighted by Crippen LogP contribution is -2.24. The Labute approximate surface area is 121 Å². The molecule has 0 aliphatic heterocycles. The predicted octanol–water partition coefficient (Wildman–Crippen LogP) is 3.34. The van der Waals surface area contributed by atoms with Crippen molar-refractivity contribution in [3.63, 3.8) is 0 Å². The highest BCUT2D eigenvalue weighted by Crippen LogP contribution is 2.21. The van der Waals surface area contributed by atoms with Crippen molar-refractivity contribution in [2.75, 3.05) is 6.61 Å². The molecule has 1 unspecified atom stereocenters. The van der Waals surface area contributed by atoms with Gasteiger partial charge >= 0.3 is 0 Å². The van der Waals surface area contributed by atoms with Gasteiger partial charge in [0, 0.05) is 6.21 Å². The Bertz CT molecular complexity index is 438. The molecule has 4 nitrogen and oxygen atoms in total. The summed E-state index contributed by atoms with van der Waals surface area (Å²) < 4.78 is 5.41. The van der Waals surface area contributed by atoms with Crippen molar-refractivity contribution in [1.29, 1.82) is 0 Å². The summed E-state index contributed by atoms with van der Waals surface area (Å²) >= 11 is 0. The molecule has 4 heteroatoms. The largest absolute Gasteiger partial charge is 0.484 e. The second-order valence-electron chi connectivity index (χ2n) is 5.22. The van der Waals surface area contributed by atoms with Gasteiger partial charge in [0.15, 0.2) is 6.61 Å². The molecule has 110 valence electrons. The molecule has 0 aliphatic rings. The third-order valence-electron chi connectivity index (χ3n) is 2.99. The van der Waals surface area contributed by atoms with Crippen molar-refractivity contribution in [1.82, 2.24) is 5.43 Å². The Kier molecular flexibility index (Phi) is 6.77. The van der Waals surface area contributed by atoms with Crippen LogP contribution >= 0.6 is 0 Å². The average molecular weight is 276 g/mol. The van der Waals surface area contributed by atoms with Crippen LogP contribution in [0, 0.1) is 5.92 Å². The standard InChI is InChI=1S/C16H24N2O2/c1-5-13(4)14-6-8-15(9-7-14)20-11-16(19)18-17-10-12(2)3/h6-10,12-13H,5,11H2,1-4H3,(H,18,19)/b17-10+. The van der Waals surface area contributed by atoms with Crippen LogP contribution in [-0.2, 0) is 4.79 Å². The third-order valence-corrected chi connectivity index (χ3v) is 2.99. The number of nitrogens with zero attached hydrogens (tertiary/aromatic N) is 1. The van der Waals surface area contributed by atoms with E-state index < -0.39 is 0 Å². The molecule has 0 heterocycles. The molecule has 0 spiro atoms. The molecular formula is C16H24N2O2. The van der Waals surface area contributed by atoms with Crippen LogP contribution in [0.5, 0.6) is 5.75 Å². The molecule has 1 rings (SSSR count). The van der Waals surface area contributed by atoms with Crippen molar-refractivity contribution in [2.45, 2.75) is 40.0 Å². The van der Waals surface area contributed by atoms with Gasteiger partial charge in [-0.15, -0.1) is 0 Å². The van der Waals surface area contributed by atoms with Crippen LogP contribution in [0.4, 0.5) is 0 Å². The molecule has 0 fully saturated rings. The molecular weight excluding hydrogens is 252 g/mol. The minimum Gasteiger partial charge on any atom is -0.484 e. The molecule has 0 aliphatic carbocycles. The summed E-state index contributed by atoms with van der Waals surface area (Å²) in [6.07, 6.45) is 2.79. The van der Waals surface area contributed by atoms with E-state index in [1.54, 1.807) is 6.21 Å². The Morgan fingerprint density at radius 2 is 1.95 bits per heavy atom. The van der Waals surface area contributed by atoms with E-state index in [0.717, 1.165) is 6.42 Å². The Morgan fingerprint density at radius 3 is 2.50 bits per heavy atom. The van der Waals surface area contributed by atoms with Crippen molar-refractivity contribution >= 4 is 12.1 Å². The molecule has 1 aromatic carbocycles. The first-order valence-electron chi connectivity index (χ1n) is 7.07. The zero-order valence-electron chi connectivity index (χ0n) is 12.7. The van der Waals surface area contributed by atoms with Crippen molar-refractivity contribution in [3.05, 3.63) is 29.8 Å².